The Balaban J connectivity index is 0.00000385. The van der Waals surface area contributed by atoms with Crippen molar-refractivity contribution in [3.05, 3.63) is 65.7 Å². The van der Waals surface area contributed by atoms with E-state index in [9.17, 15) is 5.11 Å². The first-order valence-electron chi connectivity index (χ1n) is 11.4. The number of morpholine rings is 1. The second kappa shape index (κ2) is 15.1. The van der Waals surface area contributed by atoms with Crippen LogP contribution in [0.5, 0.6) is 5.75 Å². The molecule has 0 aliphatic carbocycles. The third-order valence-corrected chi connectivity index (χ3v) is 5.65. The Morgan fingerprint density at radius 3 is 2.39 bits per heavy atom. The quantitative estimate of drug-likeness (QED) is 0.232. The summed E-state index contributed by atoms with van der Waals surface area (Å²) in [4.78, 5) is 7.30. The SMILES string of the molecule is CCNC(=NCC(c1ccc(OC)cc1)N1CCOCC1)NCCC(O)c1ccccc1.I. The van der Waals surface area contributed by atoms with E-state index in [1.165, 1.54) is 5.56 Å². The van der Waals surface area contributed by atoms with Gasteiger partial charge in [-0.3, -0.25) is 9.89 Å². The molecule has 1 aliphatic rings. The number of methoxy groups -OCH3 is 1. The topological polar surface area (TPSA) is 78.4 Å². The highest BCUT2D eigenvalue weighted by molar-refractivity contribution is 14.0. The molecule has 182 valence electrons. The summed E-state index contributed by atoms with van der Waals surface area (Å²) in [6, 6.07) is 18.1. The lowest BCUT2D eigenvalue weighted by Gasteiger charge is -2.34. The fraction of sp³-hybridized carbons (Fsp3) is 0.480. The number of halogens is 1. The van der Waals surface area contributed by atoms with Crippen LogP contribution in [0.4, 0.5) is 0 Å². The third-order valence-electron chi connectivity index (χ3n) is 5.65. The van der Waals surface area contributed by atoms with Crippen molar-refractivity contribution in [2.45, 2.75) is 25.5 Å². The minimum atomic E-state index is -0.494. The Hall–Kier alpha value is -1.88. The van der Waals surface area contributed by atoms with Crippen LogP contribution < -0.4 is 15.4 Å². The summed E-state index contributed by atoms with van der Waals surface area (Å²) in [5.74, 6) is 1.62. The molecule has 0 spiro atoms. The lowest BCUT2D eigenvalue weighted by Crippen LogP contribution is -2.42. The molecule has 0 amide bonds. The van der Waals surface area contributed by atoms with E-state index in [0.29, 0.717) is 19.5 Å². The maximum absolute atomic E-state index is 10.4. The second-order valence-electron chi connectivity index (χ2n) is 7.80. The van der Waals surface area contributed by atoms with E-state index in [1.807, 2.05) is 42.5 Å². The van der Waals surface area contributed by atoms with Gasteiger partial charge >= 0.3 is 0 Å². The van der Waals surface area contributed by atoms with E-state index in [2.05, 4.69) is 34.6 Å². The van der Waals surface area contributed by atoms with Gasteiger partial charge in [0.05, 0.1) is 39.0 Å². The minimum absolute atomic E-state index is 0. The molecule has 1 saturated heterocycles. The maximum atomic E-state index is 10.4. The summed E-state index contributed by atoms with van der Waals surface area (Å²) < 4.78 is 10.9. The van der Waals surface area contributed by atoms with Gasteiger partial charge in [0, 0.05) is 26.2 Å². The number of hydrogen-bond acceptors (Lipinski definition) is 5. The summed E-state index contributed by atoms with van der Waals surface area (Å²) in [7, 11) is 1.68. The van der Waals surface area contributed by atoms with E-state index < -0.39 is 6.10 Å². The monoisotopic (exact) mass is 568 g/mol. The molecule has 1 fully saturated rings. The molecule has 3 N–H and O–H groups in total. The fourth-order valence-electron chi connectivity index (χ4n) is 3.84. The lowest BCUT2D eigenvalue weighted by atomic mass is 10.0. The third kappa shape index (κ3) is 8.77. The number of aliphatic hydroxyl groups excluding tert-OH is 1. The fourth-order valence-corrected chi connectivity index (χ4v) is 3.84. The number of ether oxygens (including phenoxy) is 2. The van der Waals surface area contributed by atoms with Gasteiger partial charge in [0.25, 0.3) is 0 Å². The zero-order valence-corrected chi connectivity index (χ0v) is 21.9. The van der Waals surface area contributed by atoms with Crippen LogP contribution in [0.1, 0.15) is 36.6 Å². The molecular weight excluding hydrogens is 531 g/mol. The van der Waals surface area contributed by atoms with Crippen molar-refractivity contribution < 1.29 is 14.6 Å². The zero-order chi connectivity index (χ0) is 22.6. The number of nitrogens with one attached hydrogen (secondary N) is 2. The van der Waals surface area contributed by atoms with Crippen molar-refractivity contribution in [3.8, 4) is 5.75 Å². The van der Waals surface area contributed by atoms with Gasteiger partial charge in [-0.25, -0.2) is 0 Å². The van der Waals surface area contributed by atoms with Crippen molar-refractivity contribution in [1.82, 2.24) is 15.5 Å². The first kappa shape index (κ1) is 27.4. The van der Waals surface area contributed by atoms with Gasteiger partial charge in [0.15, 0.2) is 5.96 Å². The van der Waals surface area contributed by atoms with Crippen molar-refractivity contribution in [1.29, 1.82) is 0 Å². The lowest BCUT2D eigenvalue weighted by molar-refractivity contribution is 0.0179. The second-order valence-corrected chi connectivity index (χ2v) is 7.80. The average molecular weight is 569 g/mol. The van der Waals surface area contributed by atoms with E-state index in [-0.39, 0.29) is 30.0 Å². The highest BCUT2D eigenvalue weighted by atomic mass is 127. The number of nitrogens with zero attached hydrogens (tertiary/aromatic N) is 2. The van der Waals surface area contributed by atoms with Gasteiger partial charge in [-0.05, 0) is 36.6 Å². The summed E-state index contributed by atoms with van der Waals surface area (Å²) in [5, 5.41) is 17.1. The molecule has 33 heavy (non-hydrogen) atoms. The molecule has 1 heterocycles. The van der Waals surface area contributed by atoms with E-state index in [4.69, 9.17) is 14.5 Å². The predicted molar refractivity (Wildman–Crippen MR) is 144 cm³/mol. The Bertz CT molecular complexity index is 814. The predicted octanol–water partition coefficient (Wildman–Crippen LogP) is 3.37. The van der Waals surface area contributed by atoms with Gasteiger partial charge in [0.1, 0.15) is 5.75 Å². The highest BCUT2D eigenvalue weighted by Crippen LogP contribution is 2.24. The Kier molecular flexibility index (Phi) is 12.5. The van der Waals surface area contributed by atoms with Gasteiger partial charge in [-0.1, -0.05) is 42.5 Å². The molecule has 2 unspecified atom stereocenters. The summed E-state index contributed by atoms with van der Waals surface area (Å²) in [5.41, 5.74) is 2.15. The molecule has 8 heteroatoms. The molecule has 3 rings (SSSR count). The highest BCUT2D eigenvalue weighted by Gasteiger charge is 2.22. The van der Waals surface area contributed by atoms with Gasteiger partial charge in [0.2, 0.25) is 0 Å². The van der Waals surface area contributed by atoms with Crippen LogP contribution in [0.3, 0.4) is 0 Å². The van der Waals surface area contributed by atoms with Crippen LogP contribution in [0.2, 0.25) is 0 Å². The number of rotatable bonds is 10. The molecular formula is C25H37IN4O3. The van der Waals surface area contributed by atoms with E-state index in [1.54, 1.807) is 7.11 Å². The normalized spacial score (nSPS) is 16.4. The smallest absolute Gasteiger partial charge is 0.191 e. The number of guanidine groups is 1. The van der Waals surface area contributed by atoms with Crippen LogP contribution in [0.15, 0.2) is 59.6 Å². The Morgan fingerprint density at radius 1 is 1.06 bits per heavy atom. The van der Waals surface area contributed by atoms with Crippen molar-refractivity contribution in [2.75, 3.05) is 53.0 Å². The maximum Gasteiger partial charge on any atom is 0.191 e. The average Bonchev–Trinajstić information content (AvgIpc) is 2.85. The first-order valence-corrected chi connectivity index (χ1v) is 11.4. The number of aliphatic imine (C=N–C) groups is 1. The van der Waals surface area contributed by atoms with Gasteiger partial charge in [-0.2, -0.15) is 0 Å². The van der Waals surface area contributed by atoms with Crippen LogP contribution in [0, 0.1) is 0 Å². The first-order chi connectivity index (χ1) is 15.7. The van der Waals surface area contributed by atoms with Crippen molar-refractivity contribution >= 4 is 29.9 Å². The molecule has 2 aromatic carbocycles. The molecule has 0 aromatic heterocycles. The van der Waals surface area contributed by atoms with Crippen molar-refractivity contribution in [3.63, 3.8) is 0 Å². The van der Waals surface area contributed by atoms with E-state index in [0.717, 1.165) is 50.1 Å². The van der Waals surface area contributed by atoms with Crippen LogP contribution >= 0.6 is 24.0 Å². The molecule has 7 nitrogen and oxygen atoms in total. The summed E-state index contributed by atoms with van der Waals surface area (Å²) in [6.45, 7) is 7.35. The summed E-state index contributed by atoms with van der Waals surface area (Å²) in [6.07, 6.45) is 0.117. The molecule has 0 bridgehead atoms. The van der Waals surface area contributed by atoms with Gasteiger partial charge < -0.3 is 25.2 Å². The number of aliphatic hydroxyl groups is 1. The van der Waals surface area contributed by atoms with Crippen LogP contribution in [-0.4, -0.2) is 69.0 Å². The zero-order valence-electron chi connectivity index (χ0n) is 19.6. The number of hydrogen-bond donors (Lipinski definition) is 3. The van der Waals surface area contributed by atoms with Crippen LogP contribution in [0.25, 0.3) is 0 Å². The molecule has 0 radical (unpaired) electrons. The Labute approximate surface area is 214 Å². The van der Waals surface area contributed by atoms with Gasteiger partial charge in [-0.15, -0.1) is 24.0 Å². The molecule has 0 saturated carbocycles. The standard InChI is InChI=1S/C25H36N4O3.HI/c1-3-26-25(27-14-13-24(30)21-7-5-4-6-8-21)28-19-23(29-15-17-32-18-16-29)20-9-11-22(31-2)12-10-20;/h4-12,23-24,30H,3,13-19H2,1-2H3,(H2,26,27,28);1H. The molecule has 2 aromatic rings. The summed E-state index contributed by atoms with van der Waals surface area (Å²) >= 11 is 0. The van der Waals surface area contributed by atoms with Crippen molar-refractivity contribution in [2.24, 2.45) is 4.99 Å². The number of benzene rings is 2. The molecule has 2 atom stereocenters. The Morgan fingerprint density at radius 2 is 1.76 bits per heavy atom. The molecule has 1 aliphatic heterocycles. The van der Waals surface area contributed by atoms with E-state index >= 15 is 0 Å². The van der Waals surface area contributed by atoms with Crippen LogP contribution in [-0.2, 0) is 4.74 Å². The largest absolute Gasteiger partial charge is 0.497 e. The minimum Gasteiger partial charge on any atom is -0.497 e.